The lowest BCUT2D eigenvalue weighted by Crippen LogP contribution is -2.63. The summed E-state index contributed by atoms with van der Waals surface area (Å²) < 4.78 is 16.7. The zero-order valence-corrected chi connectivity index (χ0v) is 16.8. The molecule has 2 aliphatic rings. The van der Waals surface area contributed by atoms with Gasteiger partial charge >= 0.3 is 5.97 Å². The second kappa shape index (κ2) is 8.59. The number of fused-ring (bicyclic) bond motifs is 1. The van der Waals surface area contributed by atoms with Crippen LogP contribution in [0.5, 0.6) is 0 Å². The van der Waals surface area contributed by atoms with Crippen LogP contribution in [0, 0.1) is 13.8 Å². The summed E-state index contributed by atoms with van der Waals surface area (Å²) in [7, 11) is 0. The molecule has 1 aliphatic carbocycles. The van der Waals surface area contributed by atoms with E-state index in [9.17, 15) is 14.8 Å². The van der Waals surface area contributed by atoms with Gasteiger partial charge in [-0.15, -0.1) is 0 Å². The van der Waals surface area contributed by atoms with Crippen LogP contribution in [0.15, 0.2) is 18.2 Å². The first kappa shape index (κ1) is 20.8. The Morgan fingerprint density at radius 3 is 2.50 bits per heavy atom. The van der Waals surface area contributed by atoms with Crippen molar-refractivity contribution in [1.29, 1.82) is 0 Å². The van der Waals surface area contributed by atoms with Gasteiger partial charge in [0.25, 0.3) is 5.91 Å². The summed E-state index contributed by atoms with van der Waals surface area (Å²) >= 11 is 0. The third kappa shape index (κ3) is 3.92. The van der Waals surface area contributed by atoms with Gasteiger partial charge in [-0.05, 0) is 50.3 Å². The molecule has 0 aromatic heterocycles. The van der Waals surface area contributed by atoms with Crippen LogP contribution in [0.2, 0.25) is 0 Å². The zero-order valence-electron chi connectivity index (χ0n) is 16.8. The van der Waals surface area contributed by atoms with Crippen LogP contribution >= 0.6 is 0 Å². The molecule has 1 aromatic rings. The van der Waals surface area contributed by atoms with Crippen LogP contribution in [0.25, 0.3) is 0 Å². The predicted molar refractivity (Wildman–Crippen MR) is 101 cm³/mol. The molecule has 1 N–H and O–H groups in total. The number of carbonyl (C=O) groups is 2. The first-order chi connectivity index (χ1) is 13.4. The summed E-state index contributed by atoms with van der Waals surface area (Å²) in [4.78, 5) is 25.8. The Hall–Kier alpha value is -1.96. The number of ether oxygens (including phenoxy) is 3. The topological polar surface area (TPSA) is 85.3 Å². The van der Waals surface area contributed by atoms with Gasteiger partial charge in [-0.25, -0.2) is 9.86 Å². The molecular weight excluding hydrogens is 362 g/mol. The Labute approximate surface area is 165 Å². The normalized spacial score (nSPS) is 27.0. The van der Waals surface area contributed by atoms with E-state index < -0.39 is 17.4 Å². The van der Waals surface area contributed by atoms with E-state index in [0.717, 1.165) is 16.7 Å². The van der Waals surface area contributed by atoms with Gasteiger partial charge < -0.3 is 14.2 Å². The highest BCUT2D eigenvalue weighted by atomic mass is 16.6. The largest absolute Gasteiger partial charge is 0.464 e. The zero-order chi connectivity index (χ0) is 20.3. The molecule has 3 atom stereocenters. The number of hydrogen-bond donors (Lipinski definition) is 1. The van der Waals surface area contributed by atoms with Crippen molar-refractivity contribution in [2.75, 3.05) is 19.8 Å². The molecule has 0 bridgehead atoms. The van der Waals surface area contributed by atoms with Crippen molar-refractivity contribution in [3.05, 3.63) is 34.9 Å². The van der Waals surface area contributed by atoms with Crippen molar-refractivity contribution < 1.29 is 29.0 Å². The molecule has 2 fully saturated rings. The van der Waals surface area contributed by atoms with Crippen molar-refractivity contribution in [2.24, 2.45) is 0 Å². The van der Waals surface area contributed by atoms with Crippen molar-refractivity contribution in [1.82, 2.24) is 5.06 Å². The van der Waals surface area contributed by atoms with Crippen LogP contribution in [0.1, 0.15) is 42.9 Å². The van der Waals surface area contributed by atoms with Gasteiger partial charge in [0.1, 0.15) is 0 Å². The van der Waals surface area contributed by atoms with Gasteiger partial charge in [0.2, 0.25) is 0 Å². The van der Waals surface area contributed by atoms with Crippen molar-refractivity contribution in [3.63, 3.8) is 0 Å². The molecule has 7 heteroatoms. The number of benzene rings is 1. The summed E-state index contributed by atoms with van der Waals surface area (Å²) in [6.45, 7) is 6.68. The molecule has 0 radical (unpaired) electrons. The minimum atomic E-state index is -1.45. The average molecular weight is 391 g/mol. The Bertz CT molecular complexity index is 715. The predicted octanol–water partition coefficient (Wildman–Crippen LogP) is 2.33. The second-order valence-electron chi connectivity index (χ2n) is 7.57. The number of esters is 1. The first-order valence-electron chi connectivity index (χ1n) is 9.86. The van der Waals surface area contributed by atoms with E-state index in [1.165, 1.54) is 0 Å². The second-order valence-corrected chi connectivity index (χ2v) is 7.57. The highest BCUT2D eigenvalue weighted by Crippen LogP contribution is 2.38. The van der Waals surface area contributed by atoms with Crippen LogP contribution < -0.4 is 0 Å². The highest BCUT2D eigenvalue weighted by molar-refractivity contribution is 5.88. The van der Waals surface area contributed by atoms with Crippen LogP contribution in [-0.4, -0.2) is 59.7 Å². The highest BCUT2D eigenvalue weighted by Gasteiger charge is 2.54. The standard InChI is InChI=1S/C21H29NO6/c1-4-26-20(24)21(9-8-17-18(13-21)28-11-10-27-17)22(25)19(23)12-16-14(2)6-5-7-15(16)3/h5-7,17-18,25H,4,8-13H2,1-3H3. The average Bonchev–Trinajstić information content (AvgIpc) is 2.69. The molecule has 1 heterocycles. The molecular formula is C21H29NO6. The molecule has 28 heavy (non-hydrogen) atoms. The lowest BCUT2D eigenvalue weighted by Gasteiger charge is -2.46. The molecule has 3 unspecified atom stereocenters. The third-order valence-corrected chi connectivity index (χ3v) is 5.81. The summed E-state index contributed by atoms with van der Waals surface area (Å²) in [5, 5.41) is 11.5. The van der Waals surface area contributed by atoms with Gasteiger partial charge in [-0.1, -0.05) is 18.2 Å². The lowest BCUT2D eigenvalue weighted by atomic mass is 9.77. The molecule has 1 aromatic carbocycles. The van der Waals surface area contributed by atoms with E-state index in [1.54, 1.807) is 6.92 Å². The SMILES string of the molecule is CCOC(=O)C1(N(O)C(=O)Cc2c(C)cccc2C)CCC2OCCOC2C1. The van der Waals surface area contributed by atoms with E-state index in [2.05, 4.69) is 0 Å². The first-order valence-corrected chi connectivity index (χ1v) is 9.86. The van der Waals surface area contributed by atoms with Crippen molar-refractivity contribution in [2.45, 2.75) is 64.2 Å². The quantitative estimate of drug-likeness (QED) is 0.471. The summed E-state index contributed by atoms with van der Waals surface area (Å²) in [5.41, 5.74) is 1.35. The number of hydrogen-bond acceptors (Lipinski definition) is 6. The molecule has 1 saturated carbocycles. The fourth-order valence-electron chi connectivity index (χ4n) is 4.21. The van der Waals surface area contributed by atoms with Crippen LogP contribution in [-0.2, 0) is 30.2 Å². The summed E-state index contributed by atoms with van der Waals surface area (Å²) in [6, 6.07) is 5.78. The smallest absolute Gasteiger partial charge is 0.334 e. The maximum absolute atomic E-state index is 13.0. The van der Waals surface area contributed by atoms with Crippen LogP contribution in [0.3, 0.4) is 0 Å². The fraction of sp³-hybridized carbons (Fsp3) is 0.619. The van der Waals surface area contributed by atoms with Crippen LogP contribution in [0.4, 0.5) is 0 Å². The number of hydroxylamine groups is 2. The minimum Gasteiger partial charge on any atom is -0.464 e. The number of aryl methyl sites for hydroxylation is 2. The molecule has 1 amide bonds. The van der Waals surface area contributed by atoms with Gasteiger partial charge in [-0.3, -0.25) is 10.0 Å². The van der Waals surface area contributed by atoms with Gasteiger partial charge in [0.05, 0.1) is 38.4 Å². The third-order valence-electron chi connectivity index (χ3n) is 5.81. The molecule has 1 saturated heterocycles. The van der Waals surface area contributed by atoms with Gasteiger partial charge in [-0.2, -0.15) is 0 Å². The Morgan fingerprint density at radius 1 is 1.21 bits per heavy atom. The monoisotopic (exact) mass is 391 g/mol. The number of nitrogens with zero attached hydrogens (tertiary/aromatic N) is 1. The Morgan fingerprint density at radius 2 is 1.86 bits per heavy atom. The summed E-state index contributed by atoms with van der Waals surface area (Å²) in [5.74, 6) is -1.12. The van der Waals surface area contributed by atoms with Crippen molar-refractivity contribution in [3.8, 4) is 0 Å². The maximum atomic E-state index is 13.0. The fourth-order valence-corrected chi connectivity index (χ4v) is 4.21. The van der Waals surface area contributed by atoms with E-state index in [1.807, 2.05) is 32.0 Å². The van der Waals surface area contributed by atoms with E-state index in [4.69, 9.17) is 14.2 Å². The number of carbonyl (C=O) groups excluding carboxylic acids is 2. The molecule has 3 rings (SSSR count). The number of amides is 1. The molecule has 154 valence electrons. The molecule has 7 nitrogen and oxygen atoms in total. The molecule has 0 spiro atoms. The minimum absolute atomic E-state index is 0.0155. The van der Waals surface area contributed by atoms with Gasteiger partial charge in [0, 0.05) is 6.42 Å². The maximum Gasteiger partial charge on any atom is 0.334 e. The Kier molecular flexibility index (Phi) is 6.37. The van der Waals surface area contributed by atoms with E-state index in [0.29, 0.717) is 24.7 Å². The molecule has 1 aliphatic heterocycles. The van der Waals surface area contributed by atoms with E-state index in [-0.39, 0.29) is 38.1 Å². The summed E-state index contributed by atoms with van der Waals surface area (Å²) in [6.07, 6.45) is 0.475. The lowest BCUT2D eigenvalue weighted by molar-refractivity contribution is -0.236. The van der Waals surface area contributed by atoms with E-state index >= 15 is 0 Å². The van der Waals surface area contributed by atoms with Crippen molar-refractivity contribution >= 4 is 11.9 Å². The Balaban J connectivity index is 1.85. The van der Waals surface area contributed by atoms with Gasteiger partial charge in [0.15, 0.2) is 5.54 Å². The number of rotatable bonds is 5.